The van der Waals surface area contributed by atoms with Gasteiger partial charge in [0, 0.05) is 0 Å². The molecule has 0 unspecified atom stereocenters. The summed E-state index contributed by atoms with van der Waals surface area (Å²) in [4.78, 5) is 35.9. The largest absolute Gasteiger partial charge is 0.506 e. The quantitative estimate of drug-likeness (QED) is 0.775. The number of halogens is 1. The molecular weight excluding hydrogens is 314 g/mol. The first-order valence-electron chi connectivity index (χ1n) is 6.26. The maximum absolute atomic E-state index is 12.2. The van der Waals surface area contributed by atoms with E-state index in [1.165, 1.54) is 32.4 Å². The molecule has 0 aliphatic carbocycles. The molecule has 1 aromatic carbocycles. The molecule has 1 aromatic rings. The highest BCUT2D eigenvalue weighted by Gasteiger charge is 2.21. The van der Waals surface area contributed by atoms with Crippen molar-refractivity contribution in [3.63, 3.8) is 0 Å². The Morgan fingerprint density at radius 3 is 2.14 bits per heavy atom. The molecule has 1 rings (SSSR count). The predicted octanol–water partition coefficient (Wildman–Crippen LogP) is 0.763. The Morgan fingerprint density at radius 2 is 1.68 bits per heavy atom. The van der Waals surface area contributed by atoms with Crippen molar-refractivity contribution in [1.82, 2.24) is 4.90 Å². The molecule has 0 aromatic heterocycles. The van der Waals surface area contributed by atoms with Crippen LogP contribution in [0.15, 0.2) is 18.2 Å². The van der Waals surface area contributed by atoms with Gasteiger partial charge < -0.3 is 19.5 Å². The van der Waals surface area contributed by atoms with Crippen LogP contribution in [0.2, 0.25) is 5.02 Å². The number of rotatable bonds is 6. The van der Waals surface area contributed by atoms with E-state index in [0.29, 0.717) is 5.56 Å². The molecule has 0 fully saturated rings. The minimum Gasteiger partial charge on any atom is -0.506 e. The fourth-order valence-electron chi connectivity index (χ4n) is 1.62. The summed E-state index contributed by atoms with van der Waals surface area (Å²) in [5.41, 5.74) is 0.535. The van der Waals surface area contributed by atoms with E-state index in [1.54, 1.807) is 0 Å². The van der Waals surface area contributed by atoms with Gasteiger partial charge in [-0.3, -0.25) is 14.4 Å². The number of aromatic hydroxyl groups is 1. The van der Waals surface area contributed by atoms with Gasteiger partial charge in [0.2, 0.25) is 5.91 Å². The van der Waals surface area contributed by atoms with Crippen molar-refractivity contribution in [2.24, 2.45) is 0 Å². The Kier molecular flexibility index (Phi) is 6.65. The zero-order valence-electron chi connectivity index (χ0n) is 12.2. The summed E-state index contributed by atoms with van der Waals surface area (Å²) in [6.07, 6.45) is -0.0893. The molecule has 22 heavy (non-hydrogen) atoms. The van der Waals surface area contributed by atoms with Crippen LogP contribution in [-0.4, -0.2) is 55.2 Å². The van der Waals surface area contributed by atoms with Gasteiger partial charge in [0.1, 0.15) is 18.8 Å². The van der Waals surface area contributed by atoms with Crippen LogP contribution in [0.1, 0.15) is 5.56 Å². The SMILES string of the molecule is COC(=O)CN(CC(=O)OC)C(=O)Cc1ccc(O)c(Cl)c1. The summed E-state index contributed by atoms with van der Waals surface area (Å²) < 4.78 is 8.98. The molecule has 0 bridgehead atoms. The van der Waals surface area contributed by atoms with E-state index in [-0.39, 0.29) is 30.3 Å². The molecule has 0 saturated carbocycles. The molecular formula is C14H16ClNO6. The highest BCUT2D eigenvalue weighted by Crippen LogP contribution is 2.24. The summed E-state index contributed by atoms with van der Waals surface area (Å²) in [6, 6.07) is 4.31. The van der Waals surface area contributed by atoms with Crippen molar-refractivity contribution in [2.45, 2.75) is 6.42 Å². The van der Waals surface area contributed by atoms with Crippen molar-refractivity contribution in [2.75, 3.05) is 27.3 Å². The highest BCUT2D eigenvalue weighted by atomic mass is 35.5. The van der Waals surface area contributed by atoms with Crippen molar-refractivity contribution in [3.05, 3.63) is 28.8 Å². The summed E-state index contributed by atoms with van der Waals surface area (Å²) in [5, 5.41) is 9.45. The molecule has 8 heteroatoms. The van der Waals surface area contributed by atoms with Crippen LogP contribution in [-0.2, 0) is 30.3 Å². The number of amides is 1. The third kappa shape index (κ3) is 5.25. The van der Waals surface area contributed by atoms with E-state index < -0.39 is 17.8 Å². The fourth-order valence-corrected chi connectivity index (χ4v) is 1.82. The molecule has 0 saturated heterocycles. The van der Waals surface area contributed by atoms with Gasteiger partial charge in [-0.15, -0.1) is 0 Å². The maximum atomic E-state index is 12.2. The molecule has 0 radical (unpaired) electrons. The number of hydrogen-bond acceptors (Lipinski definition) is 6. The standard InChI is InChI=1S/C14H16ClNO6/c1-21-13(19)7-16(8-14(20)22-2)12(18)6-9-3-4-11(17)10(15)5-9/h3-5,17H,6-8H2,1-2H3. The van der Waals surface area contributed by atoms with Gasteiger partial charge in [-0.1, -0.05) is 17.7 Å². The number of phenols is 1. The smallest absolute Gasteiger partial charge is 0.325 e. The Labute approximate surface area is 132 Å². The predicted molar refractivity (Wildman–Crippen MR) is 77.4 cm³/mol. The Balaban J connectivity index is 2.83. The summed E-state index contributed by atoms with van der Waals surface area (Å²) in [7, 11) is 2.37. The van der Waals surface area contributed by atoms with Crippen molar-refractivity contribution < 1.29 is 29.0 Å². The molecule has 0 spiro atoms. The van der Waals surface area contributed by atoms with Gasteiger partial charge in [-0.2, -0.15) is 0 Å². The number of methoxy groups -OCH3 is 2. The van der Waals surface area contributed by atoms with Gasteiger partial charge in [0.25, 0.3) is 0 Å². The lowest BCUT2D eigenvalue weighted by molar-refractivity contribution is -0.151. The average molecular weight is 330 g/mol. The first kappa shape index (κ1) is 17.8. The van der Waals surface area contributed by atoms with E-state index in [4.69, 9.17) is 11.6 Å². The van der Waals surface area contributed by atoms with Gasteiger partial charge >= 0.3 is 11.9 Å². The van der Waals surface area contributed by atoms with Crippen LogP contribution in [0.4, 0.5) is 0 Å². The van der Waals surface area contributed by atoms with Gasteiger partial charge in [-0.05, 0) is 17.7 Å². The summed E-state index contributed by atoms with van der Waals surface area (Å²) >= 11 is 5.77. The number of carbonyl (C=O) groups excluding carboxylic acids is 3. The maximum Gasteiger partial charge on any atom is 0.325 e. The molecule has 7 nitrogen and oxygen atoms in total. The normalized spacial score (nSPS) is 9.95. The Bertz CT molecular complexity index is 556. The van der Waals surface area contributed by atoms with E-state index in [2.05, 4.69) is 9.47 Å². The second kappa shape index (κ2) is 8.23. The Hall–Kier alpha value is -2.28. The number of nitrogens with zero attached hydrogens (tertiary/aromatic N) is 1. The average Bonchev–Trinajstić information content (AvgIpc) is 2.49. The van der Waals surface area contributed by atoms with Crippen LogP contribution in [0.3, 0.4) is 0 Å². The molecule has 0 aliphatic rings. The second-order valence-corrected chi connectivity index (χ2v) is 4.77. The minimum atomic E-state index is -0.652. The highest BCUT2D eigenvalue weighted by molar-refractivity contribution is 6.32. The number of benzene rings is 1. The molecule has 0 aliphatic heterocycles. The lowest BCUT2D eigenvalue weighted by atomic mass is 10.1. The van der Waals surface area contributed by atoms with Crippen LogP contribution in [0, 0.1) is 0 Å². The minimum absolute atomic E-state index is 0.0893. The van der Waals surface area contributed by atoms with E-state index >= 15 is 0 Å². The summed E-state index contributed by atoms with van der Waals surface area (Å²) in [5.74, 6) is -1.88. The lowest BCUT2D eigenvalue weighted by Gasteiger charge is -2.20. The molecule has 0 heterocycles. The second-order valence-electron chi connectivity index (χ2n) is 4.36. The molecule has 1 N–H and O–H groups in total. The Morgan fingerprint density at radius 1 is 1.14 bits per heavy atom. The molecule has 0 atom stereocenters. The zero-order chi connectivity index (χ0) is 16.7. The van der Waals surface area contributed by atoms with Gasteiger partial charge in [-0.25, -0.2) is 0 Å². The topological polar surface area (TPSA) is 93.1 Å². The first-order valence-corrected chi connectivity index (χ1v) is 6.64. The van der Waals surface area contributed by atoms with Crippen LogP contribution in [0.25, 0.3) is 0 Å². The van der Waals surface area contributed by atoms with Gasteiger partial charge in [0.05, 0.1) is 25.7 Å². The van der Waals surface area contributed by atoms with Crippen molar-refractivity contribution in [3.8, 4) is 5.75 Å². The lowest BCUT2D eigenvalue weighted by Crippen LogP contribution is -2.41. The number of ether oxygens (including phenoxy) is 2. The fraction of sp³-hybridized carbons (Fsp3) is 0.357. The monoisotopic (exact) mass is 329 g/mol. The van der Waals surface area contributed by atoms with Crippen molar-refractivity contribution in [1.29, 1.82) is 0 Å². The number of hydrogen-bond donors (Lipinski definition) is 1. The first-order chi connectivity index (χ1) is 10.4. The van der Waals surface area contributed by atoms with Crippen molar-refractivity contribution >= 4 is 29.4 Å². The van der Waals surface area contributed by atoms with E-state index in [0.717, 1.165) is 4.90 Å². The third-order valence-corrected chi connectivity index (χ3v) is 3.12. The third-order valence-electron chi connectivity index (χ3n) is 2.82. The number of phenolic OH excluding ortho intramolecular Hbond substituents is 1. The molecule has 1 amide bonds. The van der Waals surface area contributed by atoms with E-state index in [1.807, 2.05) is 0 Å². The number of esters is 2. The van der Waals surface area contributed by atoms with Gasteiger partial charge in [0.15, 0.2) is 0 Å². The molecule has 120 valence electrons. The number of carbonyl (C=O) groups is 3. The van der Waals surface area contributed by atoms with Crippen LogP contribution < -0.4 is 0 Å². The van der Waals surface area contributed by atoms with E-state index in [9.17, 15) is 19.5 Å². The summed E-state index contributed by atoms with van der Waals surface area (Å²) in [6.45, 7) is -0.730. The zero-order valence-corrected chi connectivity index (χ0v) is 12.9. The van der Waals surface area contributed by atoms with Crippen LogP contribution >= 0.6 is 11.6 Å². The van der Waals surface area contributed by atoms with Crippen LogP contribution in [0.5, 0.6) is 5.75 Å².